The van der Waals surface area contributed by atoms with Gasteiger partial charge in [-0.3, -0.25) is 4.57 Å². The number of rotatable bonds is 3. The highest BCUT2D eigenvalue weighted by molar-refractivity contribution is 6.16. The van der Waals surface area contributed by atoms with Crippen molar-refractivity contribution < 1.29 is 13.2 Å². The number of alkyl halides is 4. The number of aromatic nitrogens is 3. The fourth-order valence-corrected chi connectivity index (χ4v) is 1.78. The van der Waals surface area contributed by atoms with Gasteiger partial charge in [0.25, 0.3) is 0 Å². The van der Waals surface area contributed by atoms with Crippen LogP contribution in [0.15, 0.2) is 30.3 Å². The van der Waals surface area contributed by atoms with Crippen LogP contribution in [0, 0.1) is 0 Å². The van der Waals surface area contributed by atoms with E-state index in [4.69, 9.17) is 11.6 Å². The molecule has 0 saturated carbocycles. The molecular weight excluding hydrogens is 267 g/mol. The Morgan fingerprint density at radius 1 is 1.06 bits per heavy atom. The van der Waals surface area contributed by atoms with Crippen LogP contribution in [0.2, 0.25) is 0 Å². The summed E-state index contributed by atoms with van der Waals surface area (Å²) < 4.78 is 38.6. The Kier molecular flexibility index (Phi) is 3.56. The number of para-hydroxylation sites is 1. The van der Waals surface area contributed by atoms with Crippen molar-refractivity contribution in [2.75, 3.05) is 0 Å². The summed E-state index contributed by atoms with van der Waals surface area (Å²) in [6.45, 7) is 0. The summed E-state index contributed by atoms with van der Waals surface area (Å²) in [7, 11) is 0. The van der Waals surface area contributed by atoms with Gasteiger partial charge < -0.3 is 0 Å². The van der Waals surface area contributed by atoms with Gasteiger partial charge in [-0.2, -0.15) is 13.2 Å². The molecule has 1 heterocycles. The SMILES string of the molecule is FC(F)(F)Cc1nnc(CCl)n1-c1ccccc1. The van der Waals surface area contributed by atoms with Crippen molar-refractivity contribution in [2.45, 2.75) is 18.5 Å². The van der Waals surface area contributed by atoms with Crippen LogP contribution in [-0.4, -0.2) is 20.9 Å². The molecule has 0 amide bonds. The quantitative estimate of drug-likeness (QED) is 0.806. The minimum atomic E-state index is -4.33. The van der Waals surface area contributed by atoms with E-state index < -0.39 is 12.6 Å². The lowest BCUT2D eigenvalue weighted by Gasteiger charge is -2.10. The lowest BCUT2D eigenvalue weighted by atomic mass is 10.3. The Bertz CT molecular complexity index is 522. The summed E-state index contributed by atoms with van der Waals surface area (Å²) >= 11 is 5.66. The van der Waals surface area contributed by atoms with Crippen LogP contribution in [-0.2, 0) is 12.3 Å². The molecule has 7 heteroatoms. The molecule has 0 radical (unpaired) electrons. The standard InChI is InChI=1S/C11H9ClF3N3/c12-7-10-17-16-9(6-11(13,14)15)18(10)8-4-2-1-3-5-8/h1-5H,6-7H2. The molecule has 0 unspecified atom stereocenters. The molecule has 2 aromatic rings. The molecule has 96 valence electrons. The number of halogens is 4. The van der Waals surface area contributed by atoms with E-state index in [-0.39, 0.29) is 11.7 Å². The number of benzene rings is 1. The topological polar surface area (TPSA) is 30.7 Å². The first-order valence-electron chi connectivity index (χ1n) is 5.12. The van der Waals surface area contributed by atoms with Crippen molar-refractivity contribution in [3.8, 4) is 5.69 Å². The summed E-state index contributed by atoms with van der Waals surface area (Å²) in [5, 5.41) is 7.23. The predicted octanol–water partition coefficient (Wildman–Crippen LogP) is 3.11. The van der Waals surface area contributed by atoms with Gasteiger partial charge in [0.1, 0.15) is 12.2 Å². The van der Waals surface area contributed by atoms with Crippen LogP contribution in [0.1, 0.15) is 11.6 Å². The molecule has 1 aromatic heterocycles. The van der Waals surface area contributed by atoms with Crippen molar-refractivity contribution in [3.63, 3.8) is 0 Å². The van der Waals surface area contributed by atoms with Crippen molar-refractivity contribution in [1.82, 2.24) is 14.8 Å². The first-order valence-corrected chi connectivity index (χ1v) is 5.66. The van der Waals surface area contributed by atoms with Gasteiger partial charge in [-0.15, -0.1) is 21.8 Å². The molecule has 0 N–H and O–H groups in total. The maximum atomic E-state index is 12.4. The van der Waals surface area contributed by atoms with Crippen LogP contribution < -0.4 is 0 Å². The maximum absolute atomic E-state index is 12.4. The Balaban J connectivity index is 2.47. The molecule has 2 rings (SSSR count). The number of hydrogen-bond donors (Lipinski definition) is 0. The minimum absolute atomic E-state index is 0.000247. The maximum Gasteiger partial charge on any atom is 0.396 e. The fraction of sp³-hybridized carbons (Fsp3) is 0.273. The van der Waals surface area contributed by atoms with E-state index in [0.717, 1.165) is 0 Å². The predicted molar refractivity (Wildman–Crippen MR) is 60.7 cm³/mol. The lowest BCUT2D eigenvalue weighted by Crippen LogP contribution is -2.16. The minimum Gasteiger partial charge on any atom is -0.282 e. The van der Waals surface area contributed by atoms with Gasteiger partial charge in [0, 0.05) is 5.69 Å². The van der Waals surface area contributed by atoms with E-state index in [1.165, 1.54) is 4.57 Å². The molecule has 3 nitrogen and oxygen atoms in total. The third kappa shape index (κ3) is 2.81. The molecule has 0 spiro atoms. The third-order valence-corrected chi connectivity index (χ3v) is 2.53. The van der Waals surface area contributed by atoms with Gasteiger partial charge in [0.2, 0.25) is 0 Å². The van der Waals surface area contributed by atoms with Crippen LogP contribution in [0.25, 0.3) is 5.69 Å². The third-order valence-electron chi connectivity index (χ3n) is 2.29. The Morgan fingerprint density at radius 2 is 1.67 bits per heavy atom. The molecule has 18 heavy (non-hydrogen) atoms. The van der Waals surface area contributed by atoms with Crippen LogP contribution in [0.5, 0.6) is 0 Å². The largest absolute Gasteiger partial charge is 0.396 e. The summed E-state index contributed by atoms with van der Waals surface area (Å²) in [6, 6.07) is 8.59. The highest BCUT2D eigenvalue weighted by Gasteiger charge is 2.31. The average Bonchev–Trinajstić information content (AvgIpc) is 2.70. The van der Waals surface area contributed by atoms with Crippen molar-refractivity contribution in [1.29, 1.82) is 0 Å². The van der Waals surface area contributed by atoms with Crippen molar-refractivity contribution >= 4 is 11.6 Å². The van der Waals surface area contributed by atoms with Gasteiger partial charge >= 0.3 is 6.18 Å². The van der Waals surface area contributed by atoms with Gasteiger partial charge in [-0.05, 0) is 12.1 Å². The molecule has 0 aliphatic carbocycles. The molecule has 0 fully saturated rings. The average molecular weight is 276 g/mol. The zero-order valence-corrected chi connectivity index (χ0v) is 9.91. The molecule has 0 bridgehead atoms. The summed E-state index contributed by atoms with van der Waals surface area (Å²) in [4.78, 5) is 0. The smallest absolute Gasteiger partial charge is 0.282 e. The zero-order valence-electron chi connectivity index (χ0n) is 9.15. The summed E-state index contributed by atoms with van der Waals surface area (Å²) in [6.07, 6.45) is -5.46. The van der Waals surface area contributed by atoms with Crippen LogP contribution in [0.4, 0.5) is 13.2 Å². The number of hydrogen-bond acceptors (Lipinski definition) is 2. The van der Waals surface area contributed by atoms with Crippen LogP contribution in [0.3, 0.4) is 0 Å². The summed E-state index contributed by atoms with van der Waals surface area (Å²) in [5.41, 5.74) is 0.567. The highest BCUT2D eigenvalue weighted by Crippen LogP contribution is 2.23. The van der Waals surface area contributed by atoms with Gasteiger partial charge in [0.05, 0.1) is 5.88 Å². The van der Waals surface area contributed by atoms with Gasteiger partial charge in [-0.25, -0.2) is 0 Å². The van der Waals surface area contributed by atoms with Crippen molar-refractivity contribution in [2.24, 2.45) is 0 Å². The van der Waals surface area contributed by atoms with E-state index in [1.807, 2.05) is 0 Å². The van der Waals surface area contributed by atoms with Gasteiger partial charge in [0.15, 0.2) is 5.82 Å². The molecule has 0 saturated heterocycles. The first-order chi connectivity index (χ1) is 8.51. The van der Waals surface area contributed by atoms with Gasteiger partial charge in [-0.1, -0.05) is 18.2 Å². The van der Waals surface area contributed by atoms with E-state index >= 15 is 0 Å². The Labute approximate surface area is 106 Å². The lowest BCUT2D eigenvalue weighted by molar-refractivity contribution is -0.128. The fourth-order valence-electron chi connectivity index (χ4n) is 1.61. The Hall–Kier alpha value is -1.56. The summed E-state index contributed by atoms with van der Waals surface area (Å²) in [5.74, 6) is 0.131. The normalized spacial score (nSPS) is 11.8. The molecule has 0 aliphatic heterocycles. The Morgan fingerprint density at radius 3 is 2.22 bits per heavy atom. The van der Waals surface area contributed by atoms with Crippen molar-refractivity contribution in [3.05, 3.63) is 42.0 Å². The van der Waals surface area contributed by atoms with Crippen LogP contribution >= 0.6 is 11.6 Å². The van der Waals surface area contributed by atoms with E-state index in [9.17, 15) is 13.2 Å². The second-order valence-electron chi connectivity index (χ2n) is 3.63. The van der Waals surface area contributed by atoms with E-state index in [1.54, 1.807) is 30.3 Å². The van der Waals surface area contributed by atoms with E-state index in [2.05, 4.69) is 10.2 Å². The second-order valence-corrected chi connectivity index (χ2v) is 3.90. The molecular formula is C11H9ClF3N3. The number of nitrogens with zero attached hydrogens (tertiary/aromatic N) is 3. The highest BCUT2D eigenvalue weighted by atomic mass is 35.5. The second kappa shape index (κ2) is 4.97. The first kappa shape index (κ1) is 12.9. The monoisotopic (exact) mass is 275 g/mol. The molecule has 0 aliphatic rings. The molecule has 1 aromatic carbocycles. The van der Waals surface area contributed by atoms with E-state index in [0.29, 0.717) is 11.5 Å². The zero-order chi connectivity index (χ0) is 13.2. The molecule has 0 atom stereocenters.